The van der Waals surface area contributed by atoms with Crippen molar-refractivity contribution in [2.45, 2.75) is 26.0 Å². The summed E-state index contributed by atoms with van der Waals surface area (Å²) in [5, 5.41) is 2.89. The number of amides is 1. The van der Waals surface area contributed by atoms with E-state index in [1.807, 2.05) is 19.1 Å². The molecule has 28 heavy (non-hydrogen) atoms. The van der Waals surface area contributed by atoms with Crippen LogP contribution in [-0.4, -0.2) is 40.5 Å². The van der Waals surface area contributed by atoms with E-state index >= 15 is 0 Å². The number of hydrogen-bond acceptors (Lipinski definition) is 6. The highest BCUT2D eigenvalue weighted by Crippen LogP contribution is 2.38. The van der Waals surface area contributed by atoms with E-state index in [4.69, 9.17) is 23.7 Å². The van der Waals surface area contributed by atoms with E-state index in [2.05, 4.69) is 5.32 Å². The normalized spacial score (nSPS) is 11.3. The second-order valence-electron chi connectivity index (χ2n) is 5.95. The smallest absolute Gasteiger partial charge is 0.261 e. The molecule has 0 heterocycles. The molecule has 0 aliphatic heterocycles. The zero-order valence-electron chi connectivity index (χ0n) is 16.9. The predicted molar refractivity (Wildman–Crippen MR) is 106 cm³/mol. The van der Waals surface area contributed by atoms with Gasteiger partial charge in [-0.15, -0.1) is 0 Å². The molecule has 7 nitrogen and oxygen atoms in total. The summed E-state index contributed by atoms with van der Waals surface area (Å²) in [6, 6.07) is 10.8. The van der Waals surface area contributed by atoms with Gasteiger partial charge < -0.3 is 29.0 Å². The molecule has 0 spiro atoms. The Balaban J connectivity index is 2.06. The third-order valence-electron chi connectivity index (χ3n) is 4.17. The van der Waals surface area contributed by atoms with Crippen LogP contribution in [0.3, 0.4) is 0 Å². The molecule has 1 unspecified atom stereocenters. The zero-order chi connectivity index (χ0) is 20.5. The first-order valence-electron chi connectivity index (χ1n) is 8.93. The minimum absolute atomic E-state index is 0.209. The minimum Gasteiger partial charge on any atom is -0.497 e. The molecule has 2 aromatic carbocycles. The maximum atomic E-state index is 12.6. The van der Waals surface area contributed by atoms with Crippen LogP contribution in [0.4, 0.5) is 0 Å². The second kappa shape index (κ2) is 10.3. The van der Waals surface area contributed by atoms with Crippen molar-refractivity contribution < 1.29 is 28.5 Å². The lowest BCUT2D eigenvalue weighted by molar-refractivity contribution is -0.128. The van der Waals surface area contributed by atoms with Crippen molar-refractivity contribution in [2.24, 2.45) is 0 Å². The summed E-state index contributed by atoms with van der Waals surface area (Å²) in [7, 11) is 6.23. The fraction of sp³-hybridized carbons (Fsp3) is 0.381. The molecule has 0 aromatic heterocycles. The molecule has 0 bridgehead atoms. The molecule has 2 aromatic rings. The van der Waals surface area contributed by atoms with Gasteiger partial charge in [-0.05, 0) is 36.2 Å². The number of methoxy groups -OCH3 is 4. The number of rotatable bonds is 10. The lowest BCUT2D eigenvalue weighted by Crippen LogP contribution is -2.37. The molecule has 7 heteroatoms. The van der Waals surface area contributed by atoms with E-state index in [1.54, 1.807) is 52.7 Å². The van der Waals surface area contributed by atoms with Crippen molar-refractivity contribution in [2.75, 3.05) is 28.4 Å². The summed E-state index contributed by atoms with van der Waals surface area (Å²) in [4.78, 5) is 12.6. The van der Waals surface area contributed by atoms with Crippen LogP contribution in [0.25, 0.3) is 0 Å². The molecule has 0 aliphatic carbocycles. The van der Waals surface area contributed by atoms with Gasteiger partial charge in [-0.1, -0.05) is 13.0 Å². The summed E-state index contributed by atoms with van der Waals surface area (Å²) >= 11 is 0. The number of benzene rings is 2. The van der Waals surface area contributed by atoms with Crippen molar-refractivity contribution in [3.8, 4) is 28.7 Å². The summed E-state index contributed by atoms with van der Waals surface area (Å²) < 4.78 is 27.0. The maximum absolute atomic E-state index is 12.6. The zero-order valence-corrected chi connectivity index (χ0v) is 16.9. The lowest BCUT2D eigenvalue weighted by atomic mass is 10.1. The van der Waals surface area contributed by atoms with Crippen LogP contribution >= 0.6 is 0 Å². The molecule has 0 saturated carbocycles. The monoisotopic (exact) mass is 389 g/mol. The standard InChI is InChI=1S/C21H27NO6/c1-6-17(28-16-9-7-8-15(12-16)24-2)21(23)22-13-14-10-18(25-3)20(27-5)19(11-14)26-4/h7-12,17H,6,13H2,1-5H3,(H,22,23). The number of carbonyl (C=O) groups is 1. The van der Waals surface area contributed by atoms with Crippen LogP contribution in [0, 0.1) is 0 Å². The molecule has 1 amide bonds. The Kier molecular flexibility index (Phi) is 7.80. The third kappa shape index (κ3) is 5.22. The molecule has 0 saturated heterocycles. The number of hydrogen-bond donors (Lipinski definition) is 1. The highest BCUT2D eigenvalue weighted by atomic mass is 16.5. The van der Waals surface area contributed by atoms with E-state index < -0.39 is 6.10 Å². The van der Waals surface area contributed by atoms with E-state index in [-0.39, 0.29) is 5.91 Å². The Morgan fingerprint density at radius 3 is 2.11 bits per heavy atom. The summed E-state index contributed by atoms with van der Waals surface area (Å²) in [6.07, 6.45) is -0.0904. The van der Waals surface area contributed by atoms with Crippen LogP contribution < -0.4 is 29.0 Å². The van der Waals surface area contributed by atoms with Gasteiger partial charge in [0.05, 0.1) is 28.4 Å². The molecular weight excluding hydrogens is 362 g/mol. The Labute approximate surface area is 165 Å². The van der Waals surface area contributed by atoms with E-state index in [0.717, 1.165) is 5.56 Å². The summed E-state index contributed by atoms with van der Waals surface area (Å²) in [5.41, 5.74) is 0.819. The summed E-state index contributed by atoms with van der Waals surface area (Å²) in [6.45, 7) is 2.19. The van der Waals surface area contributed by atoms with Gasteiger partial charge in [0.2, 0.25) is 5.75 Å². The summed E-state index contributed by atoms with van der Waals surface area (Å²) in [5.74, 6) is 2.61. The maximum Gasteiger partial charge on any atom is 0.261 e. The van der Waals surface area contributed by atoms with Crippen LogP contribution in [-0.2, 0) is 11.3 Å². The number of carbonyl (C=O) groups excluding carboxylic acids is 1. The van der Waals surface area contributed by atoms with Crippen molar-refractivity contribution in [3.05, 3.63) is 42.0 Å². The fourth-order valence-corrected chi connectivity index (χ4v) is 2.70. The third-order valence-corrected chi connectivity index (χ3v) is 4.17. The lowest BCUT2D eigenvalue weighted by Gasteiger charge is -2.18. The fourth-order valence-electron chi connectivity index (χ4n) is 2.70. The van der Waals surface area contributed by atoms with Gasteiger partial charge >= 0.3 is 0 Å². The van der Waals surface area contributed by atoms with E-state index in [1.165, 1.54) is 0 Å². The van der Waals surface area contributed by atoms with Crippen LogP contribution in [0.1, 0.15) is 18.9 Å². The van der Waals surface area contributed by atoms with E-state index in [9.17, 15) is 4.79 Å². The molecule has 0 aliphatic rings. The van der Waals surface area contributed by atoms with Gasteiger partial charge in [-0.25, -0.2) is 0 Å². The van der Waals surface area contributed by atoms with Gasteiger partial charge in [0, 0.05) is 12.6 Å². The second-order valence-corrected chi connectivity index (χ2v) is 5.95. The Bertz CT molecular complexity index is 767. The topological polar surface area (TPSA) is 75.3 Å². The highest BCUT2D eigenvalue weighted by Gasteiger charge is 2.19. The SMILES string of the molecule is CCC(Oc1cccc(OC)c1)C(=O)NCc1cc(OC)c(OC)c(OC)c1. The largest absolute Gasteiger partial charge is 0.497 e. The van der Waals surface area contributed by atoms with Crippen molar-refractivity contribution in [1.82, 2.24) is 5.32 Å². The van der Waals surface area contributed by atoms with E-state index in [0.29, 0.717) is 41.7 Å². The molecule has 2 rings (SSSR count). The van der Waals surface area contributed by atoms with Crippen molar-refractivity contribution in [1.29, 1.82) is 0 Å². The van der Waals surface area contributed by atoms with Crippen LogP contribution in [0.15, 0.2) is 36.4 Å². The van der Waals surface area contributed by atoms with Crippen LogP contribution in [0.2, 0.25) is 0 Å². The number of ether oxygens (including phenoxy) is 5. The molecule has 1 atom stereocenters. The predicted octanol–water partition coefficient (Wildman–Crippen LogP) is 3.19. The quantitative estimate of drug-likeness (QED) is 0.673. The van der Waals surface area contributed by atoms with Crippen molar-refractivity contribution in [3.63, 3.8) is 0 Å². The molecule has 0 radical (unpaired) electrons. The Morgan fingerprint density at radius 2 is 1.57 bits per heavy atom. The molecule has 152 valence electrons. The Hall–Kier alpha value is -3.09. The van der Waals surface area contributed by atoms with Crippen LogP contribution in [0.5, 0.6) is 28.7 Å². The van der Waals surface area contributed by atoms with Gasteiger partial charge in [0.15, 0.2) is 17.6 Å². The molecule has 0 fully saturated rings. The minimum atomic E-state index is -0.617. The molecule has 1 N–H and O–H groups in total. The van der Waals surface area contributed by atoms with Gasteiger partial charge in [0.1, 0.15) is 11.5 Å². The van der Waals surface area contributed by atoms with Gasteiger partial charge in [-0.3, -0.25) is 4.79 Å². The average molecular weight is 389 g/mol. The average Bonchev–Trinajstić information content (AvgIpc) is 2.74. The highest BCUT2D eigenvalue weighted by molar-refractivity contribution is 5.81. The van der Waals surface area contributed by atoms with Crippen molar-refractivity contribution >= 4 is 5.91 Å². The molecular formula is C21H27NO6. The first-order valence-corrected chi connectivity index (χ1v) is 8.93. The number of nitrogens with one attached hydrogen (secondary N) is 1. The van der Waals surface area contributed by atoms with Gasteiger partial charge in [-0.2, -0.15) is 0 Å². The first kappa shape index (κ1) is 21.2. The first-order chi connectivity index (χ1) is 13.6. The Morgan fingerprint density at radius 1 is 0.929 bits per heavy atom. The van der Waals surface area contributed by atoms with Gasteiger partial charge in [0.25, 0.3) is 5.91 Å².